The molecule has 3 rings (SSSR count). The zero-order valence-corrected chi connectivity index (χ0v) is 13.3. The third kappa shape index (κ3) is 2.06. The van der Waals surface area contributed by atoms with E-state index < -0.39 is 18.0 Å². The molecule has 1 aromatic heterocycles. The molecule has 0 bridgehead atoms. The number of carbonyl (C=O) groups excluding carboxylic acids is 1. The molecule has 22 heavy (non-hydrogen) atoms. The molecule has 116 valence electrons. The number of aliphatic hydroxyl groups excluding tert-OH is 1. The summed E-state index contributed by atoms with van der Waals surface area (Å²) in [6.07, 6.45) is -0.376. The van der Waals surface area contributed by atoms with Crippen LogP contribution in [0.2, 0.25) is 0 Å². The van der Waals surface area contributed by atoms with Crippen LogP contribution in [0.5, 0.6) is 0 Å². The highest BCUT2D eigenvalue weighted by molar-refractivity contribution is 7.80. The van der Waals surface area contributed by atoms with E-state index in [2.05, 4.69) is 0 Å². The Balaban J connectivity index is 2.01. The van der Waals surface area contributed by atoms with Gasteiger partial charge in [-0.15, -0.1) is 11.3 Å². The molecule has 1 saturated heterocycles. The molecule has 0 aliphatic carbocycles. The van der Waals surface area contributed by atoms with Gasteiger partial charge in [0.2, 0.25) is 5.91 Å². The number of aliphatic hydroxyl groups is 1. The second-order valence-corrected chi connectivity index (χ2v) is 6.79. The third-order valence-corrected chi connectivity index (χ3v) is 5.34. The molecular formula is C14H14N2O4S2. The SMILES string of the molecule is CC(O)C1C(=O)N2C(C(=O)O)=C(c3cc(C(N)=S)cs3)CC12. The van der Waals surface area contributed by atoms with Crippen LogP contribution in [0.15, 0.2) is 17.1 Å². The summed E-state index contributed by atoms with van der Waals surface area (Å²) in [7, 11) is 0. The molecule has 0 aromatic carbocycles. The quantitative estimate of drug-likeness (QED) is 0.554. The van der Waals surface area contributed by atoms with Crippen molar-refractivity contribution >= 4 is 46.0 Å². The minimum Gasteiger partial charge on any atom is -0.477 e. The number of thiophene rings is 1. The van der Waals surface area contributed by atoms with Gasteiger partial charge in [0.1, 0.15) is 10.7 Å². The first-order valence-electron chi connectivity index (χ1n) is 6.69. The van der Waals surface area contributed by atoms with Crippen LogP contribution in [0.3, 0.4) is 0 Å². The molecule has 3 atom stereocenters. The third-order valence-electron chi connectivity index (χ3n) is 4.11. The van der Waals surface area contributed by atoms with Gasteiger partial charge in [0.25, 0.3) is 0 Å². The van der Waals surface area contributed by atoms with Crippen LogP contribution < -0.4 is 5.73 Å². The Hall–Kier alpha value is -1.77. The van der Waals surface area contributed by atoms with E-state index in [9.17, 15) is 19.8 Å². The van der Waals surface area contributed by atoms with Crippen molar-refractivity contribution in [2.75, 3.05) is 0 Å². The molecule has 0 saturated carbocycles. The number of thiocarbonyl (C=S) groups is 1. The van der Waals surface area contributed by atoms with Gasteiger partial charge < -0.3 is 20.8 Å². The lowest BCUT2D eigenvalue weighted by atomic mass is 9.83. The lowest BCUT2D eigenvalue weighted by Crippen LogP contribution is -2.61. The average molecular weight is 338 g/mol. The zero-order chi connectivity index (χ0) is 16.2. The Morgan fingerprint density at radius 3 is 2.77 bits per heavy atom. The van der Waals surface area contributed by atoms with Crippen LogP contribution in [0, 0.1) is 5.92 Å². The fraction of sp³-hybridized carbons (Fsp3) is 0.357. The lowest BCUT2D eigenvalue weighted by Gasteiger charge is -2.44. The fourth-order valence-electron chi connectivity index (χ4n) is 3.11. The Kier molecular flexibility index (Phi) is 3.54. The fourth-order valence-corrected chi connectivity index (χ4v) is 4.27. The van der Waals surface area contributed by atoms with Crippen molar-refractivity contribution in [2.45, 2.75) is 25.5 Å². The van der Waals surface area contributed by atoms with E-state index >= 15 is 0 Å². The number of nitrogens with zero attached hydrogens (tertiary/aromatic N) is 1. The van der Waals surface area contributed by atoms with Crippen LogP contribution in [-0.2, 0) is 9.59 Å². The molecule has 6 nitrogen and oxygen atoms in total. The molecule has 4 N–H and O–H groups in total. The molecule has 2 aliphatic rings. The average Bonchev–Trinajstić information content (AvgIpc) is 2.99. The van der Waals surface area contributed by atoms with E-state index in [1.165, 1.54) is 16.2 Å². The first kappa shape index (κ1) is 15.1. The summed E-state index contributed by atoms with van der Waals surface area (Å²) in [5.74, 6) is -2.01. The lowest BCUT2D eigenvalue weighted by molar-refractivity contribution is -0.161. The second kappa shape index (κ2) is 5.15. The van der Waals surface area contributed by atoms with E-state index in [-0.39, 0.29) is 22.6 Å². The van der Waals surface area contributed by atoms with Crippen molar-refractivity contribution in [2.24, 2.45) is 11.7 Å². The Morgan fingerprint density at radius 2 is 2.27 bits per heavy atom. The molecule has 3 heterocycles. The van der Waals surface area contributed by atoms with Crippen molar-refractivity contribution < 1.29 is 19.8 Å². The van der Waals surface area contributed by atoms with Crippen LogP contribution in [0.4, 0.5) is 0 Å². The normalized spacial score (nSPS) is 25.0. The molecular weight excluding hydrogens is 324 g/mol. The molecule has 3 unspecified atom stereocenters. The number of aliphatic carboxylic acids is 1. The minimum atomic E-state index is -1.14. The second-order valence-electron chi connectivity index (χ2n) is 5.44. The predicted octanol–water partition coefficient (Wildman–Crippen LogP) is 0.789. The van der Waals surface area contributed by atoms with Gasteiger partial charge >= 0.3 is 5.97 Å². The van der Waals surface area contributed by atoms with Gasteiger partial charge in [-0.2, -0.15) is 0 Å². The minimum absolute atomic E-state index is 0.00300. The van der Waals surface area contributed by atoms with E-state index in [0.29, 0.717) is 17.6 Å². The molecule has 0 spiro atoms. The molecule has 1 amide bonds. The number of amides is 1. The van der Waals surface area contributed by atoms with Crippen molar-refractivity contribution in [1.29, 1.82) is 0 Å². The summed E-state index contributed by atoms with van der Waals surface area (Å²) in [5.41, 5.74) is 6.86. The maximum Gasteiger partial charge on any atom is 0.352 e. The maximum absolute atomic E-state index is 12.1. The summed E-state index contributed by atoms with van der Waals surface area (Å²) >= 11 is 6.27. The number of rotatable bonds is 4. The van der Waals surface area contributed by atoms with Gasteiger partial charge in [-0.3, -0.25) is 4.79 Å². The number of hydrogen-bond donors (Lipinski definition) is 3. The van der Waals surface area contributed by atoms with E-state index in [1.807, 2.05) is 0 Å². The first-order chi connectivity index (χ1) is 10.3. The van der Waals surface area contributed by atoms with E-state index in [4.69, 9.17) is 18.0 Å². The smallest absolute Gasteiger partial charge is 0.352 e. The monoisotopic (exact) mass is 338 g/mol. The number of β-lactam (4-membered cyclic amide) rings is 1. The number of hydrogen-bond acceptors (Lipinski definition) is 5. The number of carboxylic acids is 1. The topological polar surface area (TPSA) is 104 Å². The molecule has 8 heteroatoms. The van der Waals surface area contributed by atoms with Gasteiger partial charge in [-0.25, -0.2) is 4.79 Å². The summed E-state index contributed by atoms with van der Waals surface area (Å²) in [6.45, 7) is 1.55. The van der Waals surface area contributed by atoms with Crippen LogP contribution >= 0.6 is 23.6 Å². The van der Waals surface area contributed by atoms with Crippen LogP contribution in [-0.4, -0.2) is 44.1 Å². The van der Waals surface area contributed by atoms with Crippen LogP contribution in [0.1, 0.15) is 23.8 Å². The highest BCUT2D eigenvalue weighted by Crippen LogP contribution is 2.47. The van der Waals surface area contributed by atoms with Crippen molar-refractivity contribution in [3.05, 3.63) is 27.6 Å². The zero-order valence-electron chi connectivity index (χ0n) is 11.6. The van der Waals surface area contributed by atoms with E-state index in [0.717, 1.165) is 4.88 Å². The van der Waals surface area contributed by atoms with Crippen LogP contribution in [0.25, 0.3) is 5.57 Å². The molecule has 0 radical (unpaired) electrons. The summed E-state index contributed by atoms with van der Waals surface area (Å²) in [6, 6.07) is 1.46. The van der Waals surface area contributed by atoms with Gasteiger partial charge in [0.05, 0.1) is 18.1 Å². The van der Waals surface area contributed by atoms with Gasteiger partial charge in [-0.1, -0.05) is 12.2 Å². The van der Waals surface area contributed by atoms with Crippen molar-refractivity contribution in [1.82, 2.24) is 4.90 Å². The highest BCUT2D eigenvalue weighted by Gasteiger charge is 2.56. The molecule has 1 aromatic rings. The standard InChI is InChI=1S/C14H14N2O4S2/c1-5(17)10-8-3-7(9-2-6(4-22-9)12(15)21)11(14(19)20)16(8)13(10)18/h2,4-5,8,10,17H,3H2,1H3,(H2,15,21)(H,19,20). The Labute approximate surface area is 135 Å². The van der Waals surface area contributed by atoms with Gasteiger partial charge in [-0.05, 0) is 19.4 Å². The number of fused-ring (bicyclic) bond motifs is 1. The first-order valence-corrected chi connectivity index (χ1v) is 7.98. The highest BCUT2D eigenvalue weighted by atomic mass is 32.1. The maximum atomic E-state index is 12.1. The summed E-state index contributed by atoms with van der Waals surface area (Å²) in [5, 5.41) is 20.9. The number of nitrogens with two attached hydrogens (primary N) is 1. The summed E-state index contributed by atoms with van der Waals surface area (Å²) < 4.78 is 0. The number of carbonyl (C=O) groups is 2. The predicted molar refractivity (Wildman–Crippen MR) is 85.2 cm³/mol. The van der Waals surface area contributed by atoms with Gasteiger partial charge in [0.15, 0.2) is 0 Å². The Bertz CT molecular complexity index is 722. The van der Waals surface area contributed by atoms with Gasteiger partial charge in [0, 0.05) is 21.4 Å². The van der Waals surface area contributed by atoms with E-state index in [1.54, 1.807) is 18.4 Å². The van der Waals surface area contributed by atoms with Crippen molar-refractivity contribution in [3.63, 3.8) is 0 Å². The Morgan fingerprint density at radius 1 is 1.59 bits per heavy atom. The largest absolute Gasteiger partial charge is 0.477 e. The molecule has 1 fully saturated rings. The number of carboxylic acid groups (broad SMARTS) is 1. The molecule has 2 aliphatic heterocycles. The van der Waals surface area contributed by atoms with Crippen molar-refractivity contribution in [3.8, 4) is 0 Å². The summed E-state index contributed by atoms with van der Waals surface area (Å²) in [4.78, 5) is 26.0.